The molecule has 4 aromatic rings. The summed E-state index contributed by atoms with van der Waals surface area (Å²) in [5, 5.41) is 17.1. The number of thioether (sulfide) groups is 1. The molecule has 0 aliphatic carbocycles. The van der Waals surface area contributed by atoms with Crippen molar-refractivity contribution in [1.29, 1.82) is 0 Å². The highest BCUT2D eigenvalue weighted by molar-refractivity contribution is 8.01. The molecule has 32 nitrogen and oxygen atoms in total. The van der Waals surface area contributed by atoms with Crippen molar-refractivity contribution in [2.24, 2.45) is 0 Å². The molecule has 2 saturated heterocycles. The summed E-state index contributed by atoms with van der Waals surface area (Å²) in [5.74, 6) is -12.6. The minimum Gasteiger partial charge on any atom is -0.480 e. The number of methoxy groups -OCH3 is 3. The summed E-state index contributed by atoms with van der Waals surface area (Å²) in [5.41, 5.74) is 0.0572. The zero-order chi connectivity index (χ0) is 69.4. The molecule has 9 rings (SSSR count). The number of nitrogens with zero attached hydrogens (tertiary/aromatic N) is 6. The summed E-state index contributed by atoms with van der Waals surface area (Å²) in [7, 11) is 3.16. The number of ether oxygens (including phenoxy) is 6. The molecule has 0 saturated carbocycles. The van der Waals surface area contributed by atoms with Gasteiger partial charge in [-0.2, -0.15) is 0 Å². The maximum atomic E-state index is 14.6. The van der Waals surface area contributed by atoms with Crippen molar-refractivity contribution < 1.29 is 110 Å². The number of hydrogen-bond donors (Lipinski definition) is 4. The van der Waals surface area contributed by atoms with Gasteiger partial charge in [0.15, 0.2) is 0 Å². The molecular weight excluding hydrogens is 1280 g/mol. The highest BCUT2D eigenvalue weighted by Crippen LogP contribution is 2.51. The number of rotatable bonds is 24. The first-order valence-corrected chi connectivity index (χ1v) is 30.5. The molecule has 12 amide bonds. The normalized spacial score (nSPS) is 17.8. The molecule has 1 unspecified atom stereocenters. The van der Waals surface area contributed by atoms with Crippen molar-refractivity contribution in [1.82, 2.24) is 45.3 Å². The van der Waals surface area contributed by atoms with Crippen molar-refractivity contribution in [2.75, 3.05) is 73.7 Å². The number of carboxylic acids is 1. The third kappa shape index (κ3) is 14.9. The second-order valence-corrected chi connectivity index (χ2v) is 24.5. The third-order valence-electron chi connectivity index (χ3n) is 16.1. The number of fused-ring (bicyclic) bond motifs is 4. The second kappa shape index (κ2) is 29.5. The van der Waals surface area contributed by atoms with E-state index in [1.54, 1.807) is 32.0 Å². The van der Waals surface area contributed by atoms with Gasteiger partial charge in [0.2, 0.25) is 53.2 Å². The van der Waals surface area contributed by atoms with E-state index in [1.165, 1.54) is 93.2 Å². The molecule has 5 aliphatic heterocycles. The first-order chi connectivity index (χ1) is 45.7. The number of aliphatic carboxylic acids is 1. The molecule has 0 spiro atoms. The Hall–Kier alpha value is -11.1. The van der Waals surface area contributed by atoms with E-state index in [2.05, 4.69) is 30.2 Å². The quantitative estimate of drug-likeness (QED) is 0.0191. The third-order valence-corrected chi connectivity index (χ3v) is 17.7. The van der Waals surface area contributed by atoms with Crippen molar-refractivity contribution in [3.63, 3.8) is 0 Å². The van der Waals surface area contributed by atoms with Gasteiger partial charge in [0.1, 0.15) is 53.8 Å². The fourth-order valence-corrected chi connectivity index (χ4v) is 13.2. The van der Waals surface area contributed by atoms with Gasteiger partial charge in [0.05, 0.1) is 53.7 Å². The fourth-order valence-electron chi connectivity index (χ4n) is 11.6. The number of nitrogens with one attached hydrogen (secondary N) is 3. The van der Waals surface area contributed by atoms with Gasteiger partial charge in [-0.05, 0) is 68.7 Å². The Labute approximate surface area is 549 Å². The fraction of sp³-hybridized carbons (Fsp3) is 0.365. The molecule has 0 bridgehead atoms. The van der Waals surface area contributed by atoms with Crippen molar-refractivity contribution in [3.05, 3.63) is 124 Å². The molecule has 4 atom stereocenters. The summed E-state index contributed by atoms with van der Waals surface area (Å²) in [4.78, 5) is 221. The monoisotopic (exact) mass is 1350 g/mol. The lowest BCUT2D eigenvalue weighted by atomic mass is 9.95. The average Bonchev–Trinajstić information content (AvgIpc) is 1.55. The van der Waals surface area contributed by atoms with Crippen LogP contribution in [0.2, 0.25) is 0 Å². The number of carboxylic acid groups (broad SMARTS) is 1. The number of carbonyl (C=O) groups is 16. The molecular formula is C63H63N9O23S. The molecule has 5 heterocycles. The van der Waals surface area contributed by atoms with Crippen LogP contribution in [-0.4, -0.2) is 226 Å². The Balaban J connectivity index is 0.945. The molecule has 4 N–H and O–H groups in total. The number of benzene rings is 4. The zero-order valence-electron chi connectivity index (χ0n) is 52.1. The topological polar surface area (TPSA) is 404 Å². The summed E-state index contributed by atoms with van der Waals surface area (Å²) in [6, 6.07) is 16.0. The van der Waals surface area contributed by atoms with E-state index >= 15 is 0 Å². The van der Waals surface area contributed by atoms with Crippen LogP contribution in [0.3, 0.4) is 0 Å². The SMILES string of the molecule is COC(=O)Oc1cccc2c1CC(=O)N(CC(=O)NCCCN(CCCN(CC(=O)NC(C(=O)N[C@@H]1C(=O)N3[C@@H]1SC(C)(C)[C@@H]3C(=O)O)c1ccccc1)CC(=O)N1C(=O)Cc3c(OC(=O)OC)cccc3C1=O)C(=O)CN1C(=O)Cc3c(OC(=O)OC)cccc3C1=O)C2=O. The highest BCUT2D eigenvalue weighted by atomic mass is 32.2. The van der Waals surface area contributed by atoms with Crippen molar-refractivity contribution >= 4 is 107 Å². The molecule has 33 heteroatoms. The van der Waals surface area contributed by atoms with E-state index in [9.17, 15) is 81.8 Å². The lowest BCUT2D eigenvalue weighted by molar-refractivity contribution is -0.161. The second-order valence-electron chi connectivity index (χ2n) is 22.7. The molecule has 0 aromatic heterocycles. The summed E-state index contributed by atoms with van der Waals surface area (Å²) < 4.78 is 28.1. The minimum atomic E-state index is -1.52. The van der Waals surface area contributed by atoms with E-state index in [4.69, 9.17) is 14.2 Å². The number of carbonyl (C=O) groups excluding carboxylic acids is 15. The predicted molar refractivity (Wildman–Crippen MR) is 326 cm³/mol. The van der Waals surface area contributed by atoms with Gasteiger partial charge >= 0.3 is 24.4 Å². The lowest BCUT2D eigenvalue weighted by Crippen LogP contribution is -2.71. The average molecular weight is 1350 g/mol. The maximum Gasteiger partial charge on any atom is 0.513 e. The van der Waals surface area contributed by atoms with Gasteiger partial charge in [-0.25, -0.2) is 24.1 Å². The molecule has 5 aliphatic rings. The number of hydrogen-bond acceptors (Lipinski definition) is 24. The van der Waals surface area contributed by atoms with Crippen LogP contribution < -0.4 is 30.2 Å². The van der Waals surface area contributed by atoms with Gasteiger partial charge in [-0.1, -0.05) is 48.5 Å². The lowest BCUT2D eigenvalue weighted by Gasteiger charge is -2.44. The van der Waals surface area contributed by atoms with Crippen LogP contribution in [0, 0.1) is 0 Å². The van der Waals surface area contributed by atoms with Crippen LogP contribution in [0.4, 0.5) is 14.4 Å². The summed E-state index contributed by atoms with van der Waals surface area (Å²) >= 11 is 1.17. The standard InChI is InChI=1S/C63H63N9O23S/c1-63(2)52(59(85)86)72-57(84)51(58(72)96-63)66-53(80)50(33-14-7-6-8-15-33)65-44(74)29-67(31-49(79)71-47(77)28-39-36(56(71)83)18-11-21-42(39)95-62(89)92-5)23-13-25-68(48(78)32-70-46(76)27-38-35(55(70)82)17-10-20-41(38)94-61(88)91-4)24-12-22-64-43(73)30-69-45(75)26-37-34(54(69)81)16-9-19-40(37)93-60(87)90-3/h6-11,14-21,50-52,58H,12-13,22-32H2,1-5H3,(H,64,73)(H,65,74)(H,66,80)(H,85,86)/t50?,51-,52+,58-/m1/s1. The van der Waals surface area contributed by atoms with Gasteiger partial charge in [-0.15, -0.1) is 11.8 Å². The summed E-state index contributed by atoms with van der Waals surface area (Å²) in [6.45, 7) is -0.980. The first kappa shape index (κ1) is 69.3. The largest absolute Gasteiger partial charge is 0.513 e. The van der Waals surface area contributed by atoms with Crippen LogP contribution in [0.25, 0.3) is 0 Å². The van der Waals surface area contributed by atoms with Gasteiger partial charge in [0.25, 0.3) is 17.7 Å². The Morgan fingerprint density at radius 3 is 1.62 bits per heavy atom. The number of imide groups is 5. The van der Waals surface area contributed by atoms with E-state index in [0.717, 1.165) is 21.3 Å². The molecule has 2 fully saturated rings. The number of amides is 12. The van der Waals surface area contributed by atoms with Crippen LogP contribution in [0.15, 0.2) is 84.9 Å². The van der Waals surface area contributed by atoms with Crippen LogP contribution in [0.1, 0.15) is 86.1 Å². The van der Waals surface area contributed by atoms with E-state index in [1.807, 2.05) is 0 Å². The molecule has 4 aromatic carbocycles. The van der Waals surface area contributed by atoms with E-state index in [-0.39, 0.29) is 95.2 Å². The Morgan fingerprint density at radius 1 is 0.604 bits per heavy atom. The predicted octanol–water partition coefficient (Wildman–Crippen LogP) is 1.14. The molecule has 0 radical (unpaired) electrons. The maximum absolute atomic E-state index is 14.6. The molecule has 96 heavy (non-hydrogen) atoms. The smallest absolute Gasteiger partial charge is 0.480 e. The summed E-state index contributed by atoms with van der Waals surface area (Å²) in [6.07, 6.45) is -5.15. The van der Waals surface area contributed by atoms with Crippen LogP contribution in [-0.2, 0) is 81.4 Å². The van der Waals surface area contributed by atoms with Gasteiger partial charge in [-0.3, -0.25) is 72.2 Å². The highest BCUT2D eigenvalue weighted by Gasteiger charge is 2.64. The van der Waals surface area contributed by atoms with Crippen molar-refractivity contribution in [3.8, 4) is 17.2 Å². The van der Waals surface area contributed by atoms with Gasteiger partial charge < -0.3 is 59.3 Å². The van der Waals surface area contributed by atoms with Crippen molar-refractivity contribution in [2.45, 2.75) is 74.2 Å². The minimum absolute atomic E-state index is 0.0156. The zero-order valence-corrected chi connectivity index (χ0v) is 52.9. The van der Waals surface area contributed by atoms with Gasteiger partial charge in [0, 0.05) is 64.3 Å². The molecule has 504 valence electrons. The Kier molecular flexibility index (Phi) is 21.3. The number of β-lactam (4-membered cyclic amide) rings is 1. The first-order valence-electron chi connectivity index (χ1n) is 29.6. The van der Waals surface area contributed by atoms with Crippen LogP contribution in [0.5, 0.6) is 17.2 Å². The Morgan fingerprint density at radius 2 is 1.10 bits per heavy atom. The van der Waals surface area contributed by atoms with E-state index < -0.39 is 169 Å². The van der Waals surface area contributed by atoms with Crippen LogP contribution >= 0.6 is 11.8 Å². The van der Waals surface area contributed by atoms with E-state index in [0.29, 0.717) is 14.7 Å². The Bertz CT molecular complexity index is 3920.